The molecule has 25 valence electrons. The van der Waals surface area contributed by atoms with Crippen molar-refractivity contribution in [3.05, 3.63) is 0 Å². The van der Waals surface area contributed by atoms with Gasteiger partial charge in [-0.15, -0.1) is 0 Å². The van der Waals surface area contributed by atoms with Crippen LogP contribution in [0.5, 0.6) is 0 Å². The molecule has 0 unspecified atom stereocenters. The number of hydrogen-bond donors (Lipinski definition) is 0. The van der Waals surface area contributed by atoms with Crippen LogP contribution in [0.1, 0.15) is 0 Å². The van der Waals surface area contributed by atoms with Gasteiger partial charge in [-0.1, -0.05) is 0 Å². The average molecular weight is 317 g/mol. The molecule has 0 aromatic heterocycles. The zero-order valence-electron chi connectivity index (χ0n) is 0.302. The standard InChI is InChI=1S/Ba.Ca.Cu.K.Li.Na.7H. The second-order valence-corrected chi connectivity index (χ2v) is 0. The van der Waals surface area contributed by atoms with Gasteiger partial charge in [-0.2, -0.15) is 0 Å². The van der Waals surface area contributed by atoms with E-state index in [-0.39, 0.29) is 203 Å². The minimum absolute atomic E-state index is 0. The summed E-state index contributed by atoms with van der Waals surface area (Å²) in [4.78, 5) is 0. The molecule has 1 radical (unpaired) electrons. The Balaban J connectivity index is 0. The van der Waals surface area contributed by atoms with Crippen molar-refractivity contribution >= 4 is 186 Å². The van der Waals surface area contributed by atoms with Crippen LogP contribution in [0.3, 0.4) is 0 Å². The van der Waals surface area contributed by atoms with E-state index in [2.05, 4.69) is 0 Å². The van der Waals surface area contributed by atoms with Crippen LogP contribution in [-0.2, 0) is 17.1 Å². The fourth-order valence-corrected chi connectivity index (χ4v) is 0. The van der Waals surface area contributed by atoms with E-state index in [4.69, 9.17) is 0 Å². The van der Waals surface area contributed by atoms with Crippen molar-refractivity contribution in [2.24, 2.45) is 0 Å². The summed E-state index contributed by atoms with van der Waals surface area (Å²) in [5.74, 6) is 0. The van der Waals surface area contributed by atoms with E-state index in [1.54, 1.807) is 0 Å². The SMILES string of the molecule is [BaH2].[CaH2].[Cu].[KH].[LiH].[NaH]. The molecule has 0 heterocycles. The van der Waals surface area contributed by atoms with Crippen LogP contribution in [0.2, 0.25) is 0 Å². The summed E-state index contributed by atoms with van der Waals surface area (Å²) in [6, 6.07) is 0. The van der Waals surface area contributed by atoms with Gasteiger partial charge < -0.3 is 0 Å². The molecule has 0 bridgehead atoms. The topological polar surface area (TPSA) is 0 Å². The van der Waals surface area contributed by atoms with Crippen molar-refractivity contribution in [2.75, 3.05) is 0 Å². The zero-order chi connectivity index (χ0) is 0. The van der Waals surface area contributed by atoms with Crippen molar-refractivity contribution in [1.29, 1.82) is 0 Å². The molecule has 0 aromatic rings. The summed E-state index contributed by atoms with van der Waals surface area (Å²) in [6.07, 6.45) is 0. The zero-order valence-corrected chi connectivity index (χ0v) is 1.24. The summed E-state index contributed by atoms with van der Waals surface area (Å²) < 4.78 is 0. The van der Waals surface area contributed by atoms with Gasteiger partial charge in [-0.05, 0) is 0 Å². The Bertz CT molecular complexity index is 15.5. The number of hydrogen-bond acceptors (Lipinski definition) is 0. The van der Waals surface area contributed by atoms with E-state index >= 15 is 0 Å². The molecule has 0 nitrogen and oxygen atoms in total. The van der Waals surface area contributed by atoms with E-state index < -0.39 is 0 Å². The summed E-state index contributed by atoms with van der Waals surface area (Å²) in [6.45, 7) is 0. The monoisotopic (exact) mass is 317 g/mol. The first-order chi connectivity index (χ1) is 0. The molecule has 0 spiro atoms. The molecule has 0 saturated carbocycles. The molecule has 0 aromatic carbocycles. The molecule has 0 atom stereocenters. The molecule has 0 N–H and O–H groups in total. The Labute approximate surface area is 196 Å². The van der Waals surface area contributed by atoms with E-state index in [0.717, 1.165) is 0 Å². The summed E-state index contributed by atoms with van der Waals surface area (Å²) >= 11 is 0. The molecule has 0 fully saturated rings. The average Bonchev–Trinajstić information content (AvgIpc) is 0. The van der Waals surface area contributed by atoms with Crippen LogP contribution in [-0.4, -0.2) is 186 Å². The van der Waals surface area contributed by atoms with Gasteiger partial charge >= 0.3 is 186 Å². The Kier molecular flexibility index (Phi) is 194. The third-order valence-corrected chi connectivity index (χ3v) is 0. The fraction of sp³-hybridized carbons (Fsp3) is 0. The van der Waals surface area contributed by atoms with Gasteiger partial charge in [0.2, 0.25) is 0 Å². The van der Waals surface area contributed by atoms with Gasteiger partial charge in [0.25, 0.3) is 0 Å². The van der Waals surface area contributed by atoms with Crippen LogP contribution >= 0.6 is 0 Å². The summed E-state index contributed by atoms with van der Waals surface area (Å²) in [5, 5.41) is 0. The maximum absolute atomic E-state index is 0. The Morgan fingerprint density at radius 2 is 1.00 bits per heavy atom. The molecule has 0 amide bonds. The Morgan fingerprint density at radius 1 is 1.00 bits per heavy atom. The van der Waals surface area contributed by atoms with Crippen LogP contribution < -0.4 is 0 Å². The molecule has 6 heavy (non-hydrogen) atoms. The maximum atomic E-state index is 0. The molecule has 0 rings (SSSR count). The number of rotatable bonds is 0. The van der Waals surface area contributed by atoms with Crippen molar-refractivity contribution in [3.63, 3.8) is 0 Å². The van der Waals surface area contributed by atoms with Crippen molar-refractivity contribution in [2.45, 2.75) is 0 Å². The quantitative estimate of drug-likeness (QED) is 0.403. The normalized spacial score (nSPS) is 0. The van der Waals surface area contributed by atoms with Gasteiger partial charge in [-0.3, -0.25) is 0 Å². The third kappa shape index (κ3) is 22.4. The Morgan fingerprint density at radius 3 is 1.00 bits per heavy atom. The molecular formula is H7BaCaCuKLiNa. The van der Waals surface area contributed by atoms with Gasteiger partial charge in [0.05, 0.1) is 0 Å². The van der Waals surface area contributed by atoms with Crippen molar-refractivity contribution in [1.82, 2.24) is 0 Å². The molecule has 6 heteroatoms. The predicted octanol–water partition coefficient (Wildman–Crippen LogP) is -3.78. The first-order valence-electron chi connectivity index (χ1n) is 0. The molecule has 0 aliphatic rings. The van der Waals surface area contributed by atoms with E-state index in [1.165, 1.54) is 0 Å². The van der Waals surface area contributed by atoms with Gasteiger partial charge in [0.15, 0.2) is 0 Å². The second-order valence-electron chi connectivity index (χ2n) is 0. The van der Waals surface area contributed by atoms with Crippen LogP contribution in [0, 0.1) is 0 Å². The summed E-state index contributed by atoms with van der Waals surface area (Å²) in [7, 11) is 0. The third-order valence-electron chi connectivity index (χ3n) is 0. The van der Waals surface area contributed by atoms with Crippen LogP contribution in [0.25, 0.3) is 0 Å². The van der Waals surface area contributed by atoms with Gasteiger partial charge in [0.1, 0.15) is 0 Å². The van der Waals surface area contributed by atoms with Crippen molar-refractivity contribution < 1.29 is 17.1 Å². The van der Waals surface area contributed by atoms with E-state index in [1.807, 2.05) is 0 Å². The van der Waals surface area contributed by atoms with Crippen LogP contribution in [0.4, 0.5) is 0 Å². The second kappa shape index (κ2) is 29.9. The van der Waals surface area contributed by atoms with Gasteiger partial charge in [0, 0.05) is 17.1 Å². The van der Waals surface area contributed by atoms with Crippen LogP contribution in [0.15, 0.2) is 0 Å². The predicted molar refractivity (Wildman–Crippen MR) is 38.5 cm³/mol. The Hall–Kier alpha value is 6.58. The van der Waals surface area contributed by atoms with E-state index in [9.17, 15) is 0 Å². The molecule has 0 aliphatic heterocycles. The van der Waals surface area contributed by atoms with Crippen molar-refractivity contribution in [3.8, 4) is 0 Å². The summed E-state index contributed by atoms with van der Waals surface area (Å²) in [5.41, 5.74) is 0. The minimum atomic E-state index is 0. The molecule has 0 saturated heterocycles. The molecular weight excluding hydrogens is 310 g/mol. The first kappa shape index (κ1) is 39.0. The molecule has 0 aliphatic carbocycles. The first-order valence-corrected chi connectivity index (χ1v) is 0. The van der Waals surface area contributed by atoms with Gasteiger partial charge in [-0.25, -0.2) is 0 Å². The van der Waals surface area contributed by atoms with E-state index in [0.29, 0.717) is 0 Å². The fourth-order valence-electron chi connectivity index (χ4n) is 0.